The number of nitriles is 1. The number of fused-ring (bicyclic) bond motifs is 1. The molecule has 5 nitrogen and oxygen atoms in total. The molecule has 1 aliphatic rings. The fraction of sp³-hybridized carbons (Fsp3) is 0.412. The zero-order chi connectivity index (χ0) is 17.3. The molecule has 0 radical (unpaired) electrons. The Labute approximate surface area is 143 Å². The summed E-state index contributed by atoms with van der Waals surface area (Å²) in [5.41, 5.74) is 0.613. The molecule has 2 aromatic rings. The predicted octanol–water partition coefficient (Wildman–Crippen LogP) is 2.92. The Balaban J connectivity index is 2.11. The number of rotatable bonds is 3. The molecule has 0 saturated carbocycles. The van der Waals surface area contributed by atoms with E-state index in [0.29, 0.717) is 28.7 Å². The van der Waals surface area contributed by atoms with Crippen molar-refractivity contribution in [3.05, 3.63) is 39.9 Å². The van der Waals surface area contributed by atoms with Crippen LogP contribution < -0.4 is 5.56 Å². The van der Waals surface area contributed by atoms with Gasteiger partial charge in [0.05, 0.1) is 5.69 Å². The largest absolute Gasteiger partial charge is 0.286 e. The molecule has 3 heterocycles. The van der Waals surface area contributed by atoms with Gasteiger partial charge in [-0.1, -0.05) is 25.6 Å². The summed E-state index contributed by atoms with van der Waals surface area (Å²) in [5.74, 6) is 0.902. The highest BCUT2D eigenvalue weighted by molar-refractivity contribution is 7.99. The number of pyridine rings is 1. The van der Waals surface area contributed by atoms with Crippen LogP contribution in [0.1, 0.15) is 31.5 Å². The first-order valence-electron chi connectivity index (χ1n) is 7.68. The molecule has 0 spiro atoms. The van der Waals surface area contributed by atoms with E-state index in [-0.39, 0.29) is 11.1 Å². The molecule has 7 heteroatoms. The van der Waals surface area contributed by atoms with Crippen LogP contribution in [-0.4, -0.2) is 27.0 Å². The maximum atomic E-state index is 13.1. The van der Waals surface area contributed by atoms with E-state index >= 15 is 0 Å². The van der Waals surface area contributed by atoms with Crippen molar-refractivity contribution in [2.75, 3.05) is 12.4 Å². The first kappa shape index (κ1) is 16.7. The van der Waals surface area contributed by atoms with Crippen molar-refractivity contribution < 1.29 is 4.39 Å². The van der Waals surface area contributed by atoms with Gasteiger partial charge in [-0.05, 0) is 18.6 Å². The minimum Gasteiger partial charge on any atom is -0.286 e. The molecule has 0 amide bonds. The smallest absolute Gasteiger partial charge is 0.272 e. The van der Waals surface area contributed by atoms with E-state index in [2.05, 4.69) is 9.97 Å². The van der Waals surface area contributed by atoms with Gasteiger partial charge in [0, 0.05) is 35.2 Å². The second-order valence-corrected chi connectivity index (χ2v) is 7.40. The summed E-state index contributed by atoms with van der Waals surface area (Å²) in [6, 6.07) is 5.44. The number of hydrogen-bond acceptors (Lipinski definition) is 5. The molecule has 124 valence electrons. The van der Waals surface area contributed by atoms with Gasteiger partial charge in [0.2, 0.25) is 0 Å². The molecule has 0 bridgehead atoms. The van der Waals surface area contributed by atoms with E-state index in [1.165, 1.54) is 11.8 Å². The van der Waals surface area contributed by atoms with E-state index in [1.54, 1.807) is 36.7 Å². The summed E-state index contributed by atoms with van der Waals surface area (Å²) in [5, 5.41) is 10.0. The Morgan fingerprint density at radius 2 is 2.25 bits per heavy atom. The highest BCUT2D eigenvalue weighted by atomic mass is 32.2. The van der Waals surface area contributed by atoms with Crippen molar-refractivity contribution in [3.8, 4) is 17.3 Å². The summed E-state index contributed by atoms with van der Waals surface area (Å²) >= 11 is 1.51. The van der Waals surface area contributed by atoms with E-state index in [4.69, 9.17) is 0 Å². The molecule has 0 aromatic carbocycles. The number of halogens is 1. The van der Waals surface area contributed by atoms with Crippen molar-refractivity contribution in [3.63, 3.8) is 0 Å². The van der Waals surface area contributed by atoms with Gasteiger partial charge in [-0.3, -0.25) is 18.7 Å². The van der Waals surface area contributed by atoms with Gasteiger partial charge in [-0.2, -0.15) is 5.26 Å². The molecule has 0 unspecified atom stereocenters. The zero-order valence-electron chi connectivity index (χ0n) is 13.5. The van der Waals surface area contributed by atoms with Crippen LogP contribution in [0.4, 0.5) is 4.39 Å². The molecule has 2 aromatic heterocycles. The quantitative estimate of drug-likeness (QED) is 0.801. The Kier molecular flexibility index (Phi) is 4.41. The Hall–Kier alpha value is -2.20. The molecule has 0 atom stereocenters. The summed E-state index contributed by atoms with van der Waals surface area (Å²) in [6.07, 6.45) is 2.44. The zero-order valence-corrected chi connectivity index (χ0v) is 14.4. The summed E-state index contributed by atoms with van der Waals surface area (Å²) < 4.78 is 14.7. The predicted molar refractivity (Wildman–Crippen MR) is 90.8 cm³/mol. The lowest BCUT2D eigenvalue weighted by molar-refractivity contribution is 0.344. The van der Waals surface area contributed by atoms with Gasteiger partial charge in [-0.25, -0.2) is 4.98 Å². The third-order valence-corrected chi connectivity index (χ3v) is 5.13. The van der Waals surface area contributed by atoms with Crippen LogP contribution in [-0.2, 0) is 12.0 Å². The molecule has 0 N–H and O–H groups in total. The maximum Gasteiger partial charge on any atom is 0.272 e. The maximum absolute atomic E-state index is 13.1. The molecule has 24 heavy (non-hydrogen) atoms. The van der Waals surface area contributed by atoms with Crippen LogP contribution in [0.15, 0.2) is 28.3 Å². The third kappa shape index (κ3) is 2.82. The molecule has 0 aliphatic carbocycles. The van der Waals surface area contributed by atoms with Crippen LogP contribution >= 0.6 is 11.8 Å². The fourth-order valence-electron chi connectivity index (χ4n) is 2.54. The Morgan fingerprint density at radius 1 is 1.46 bits per heavy atom. The van der Waals surface area contributed by atoms with Gasteiger partial charge >= 0.3 is 0 Å². The molecule has 1 aliphatic heterocycles. The van der Waals surface area contributed by atoms with E-state index < -0.39 is 12.1 Å². The van der Waals surface area contributed by atoms with Crippen LogP contribution in [0.5, 0.6) is 0 Å². The molecular weight excluding hydrogens is 327 g/mol. The SMILES string of the molecule is CC(C)(CF)c1ccc(-c2nc3n(c(=O)c2C#N)CCCS3)cn1. The van der Waals surface area contributed by atoms with E-state index in [1.807, 2.05) is 6.07 Å². The van der Waals surface area contributed by atoms with Crippen LogP contribution in [0, 0.1) is 11.3 Å². The highest BCUT2D eigenvalue weighted by Crippen LogP contribution is 2.28. The third-order valence-electron chi connectivity index (χ3n) is 4.07. The Morgan fingerprint density at radius 3 is 2.88 bits per heavy atom. The second kappa shape index (κ2) is 6.36. The van der Waals surface area contributed by atoms with E-state index in [0.717, 1.165) is 12.2 Å². The van der Waals surface area contributed by atoms with Gasteiger partial charge in [0.1, 0.15) is 18.3 Å². The monoisotopic (exact) mass is 344 g/mol. The number of thioether (sulfide) groups is 1. The minimum atomic E-state index is -0.671. The number of hydrogen-bond donors (Lipinski definition) is 0. The average molecular weight is 344 g/mol. The molecule has 0 saturated heterocycles. The van der Waals surface area contributed by atoms with Crippen molar-refractivity contribution in [1.82, 2.24) is 14.5 Å². The average Bonchev–Trinajstić information content (AvgIpc) is 2.62. The lowest BCUT2D eigenvalue weighted by Gasteiger charge is -2.20. The lowest BCUT2D eigenvalue weighted by atomic mass is 9.90. The number of nitrogens with zero attached hydrogens (tertiary/aromatic N) is 4. The summed E-state index contributed by atoms with van der Waals surface area (Å²) in [6.45, 7) is 3.62. The van der Waals surface area contributed by atoms with Crippen LogP contribution in [0.3, 0.4) is 0 Å². The van der Waals surface area contributed by atoms with Gasteiger partial charge in [-0.15, -0.1) is 0 Å². The summed E-state index contributed by atoms with van der Waals surface area (Å²) in [4.78, 5) is 21.4. The second-order valence-electron chi connectivity index (χ2n) is 6.34. The van der Waals surface area contributed by atoms with Crippen molar-refractivity contribution in [2.24, 2.45) is 0 Å². The van der Waals surface area contributed by atoms with Crippen molar-refractivity contribution >= 4 is 11.8 Å². The lowest BCUT2D eigenvalue weighted by Crippen LogP contribution is -2.29. The molecule has 3 rings (SSSR count). The normalized spacial score (nSPS) is 14.1. The number of alkyl halides is 1. The highest BCUT2D eigenvalue weighted by Gasteiger charge is 2.24. The minimum absolute atomic E-state index is 0.0283. The van der Waals surface area contributed by atoms with Gasteiger partial charge in [0.15, 0.2) is 5.16 Å². The summed E-state index contributed by atoms with van der Waals surface area (Å²) in [7, 11) is 0. The topological polar surface area (TPSA) is 71.6 Å². The fourth-order valence-corrected chi connectivity index (χ4v) is 3.48. The first-order valence-corrected chi connectivity index (χ1v) is 8.67. The van der Waals surface area contributed by atoms with Crippen LogP contribution in [0.2, 0.25) is 0 Å². The van der Waals surface area contributed by atoms with Gasteiger partial charge < -0.3 is 0 Å². The van der Waals surface area contributed by atoms with Crippen LogP contribution in [0.25, 0.3) is 11.3 Å². The first-order chi connectivity index (χ1) is 11.5. The number of aromatic nitrogens is 3. The molecular formula is C17H17FN4OS. The molecule has 0 fully saturated rings. The van der Waals surface area contributed by atoms with Crippen molar-refractivity contribution in [1.29, 1.82) is 5.26 Å². The standard InChI is InChI=1S/C17H17FN4OS/c1-17(2,10-18)13-5-4-11(9-20-13)14-12(8-19)15(23)22-6-3-7-24-16(22)21-14/h4-5,9H,3,6-7,10H2,1-2H3. The van der Waals surface area contributed by atoms with E-state index in [9.17, 15) is 14.4 Å². The van der Waals surface area contributed by atoms with Gasteiger partial charge in [0.25, 0.3) is 5.56 Å². The van der Waals surface area contributed by atoms with Crippen molar-refractivity contribution in [2.45, 2.75) is 37.4 Å². The Bertz CT molecular complexity index is 868.